The monoisotopic (exact) mass is 352 g/mol. The van der Waals surface area contributed by atoms with E-state index in [9.17, 15) is 4.79 Å². The van der Waals surface area contributed by atoms with Gasteiger partial charge in [-0.2, -0.15) is 0 Å². The van der Waals surface area contributed by atoms with Gasteiger partial charge in [0.05, 0.1) is 12.1 Å². The third kappa shape index (κ3) is 4.29. The predicted octanol–water partition coefficient (Wildman–Crippen LogP) is 3.00. The molecule has 1 aliphatic heterocycles. The molecule has 26 heavy (non-hydrogen) atoms. The van der Waals surface area contributed by atoms with Gasteiger partial charge in [0.2, 0.25) is 0 Å². The van der Waals surface area contributed by atoms with Crippen molar-refractivity contribution in [2.75, 3.05) is 27.2 Å². The van der Waals surface area contributed by atoms with E-state index in [1.807, 2.05) is 30.3 Å². The fourth-order valence-electron chi connectivity index (χ4n) is 3.10. The van der Waals surface area contributed by atoms with Gasteiger partial charge in [0.1, 0.15) is 12.4 Å². The van der Waals surface area contributed by atoms with E-state index in [0.29, 0.717) is 13.2 Å². The molecule has 136 valence electrons. The minimum atomic E-state index is -0.843. The molecule has 3 rings (SSSR count). The molecule has 0 fully saturated rings. The zero-order valence-corrected chi connectivity index (χ0v) is 15.2. The summed E-state index contributed by atoms with van der Waals surface area (Å²) < 4.78 is 5.97. The zero-order chi connectivity index (χ0) is 18.5. The lowest BCUT2D eigenvalue weighted by atomic mass is 9.96. The fraction of sp³-hybridized carbons (Fsp3) is 0.333. The number of carbonyl (C=O) groups is 1. The minimum Gasteiger partial charge on any atom is -0.488 e. The SMILES string of the molecule is CN(C)CCCN=C1c2ccccc2COc2ccc(CC(=O)O)cc21. The lowest BCUT2D eigenvalue weighted by Gasteiger charge is -2.12. The molecule has 0 atom stereocenters. The number of ether oxygens (including phenoxy) is 1. The summed E-state index contributed by atoms with van der Waals surface area (Å²) in [5, 5.41) is 9.11. The average Bonchev–Trinajstić information content (AvgIpc) is 2.75. The second kappa shape index (κ2) is 8.15. The van der Waals surface area contributed by atoms with Crippen LogP contribution in [0.5, 0.6) is 5.75 Å². The molecule has 2 aromatic rings. The molecule has 0 bridgehead atoms. The summed E-state index contributed by atoms with van der Waals surface area (Å²) in [6.07, 6.45) is 0.951. The first kappa shape index (κ1) is 18.1. The Morgan fingerprint density at radius 2 is 2.00 bits per heavy atom. The van der Waals surface area contributed by atoms with Crippen molar-refractivity contribution < 1.29 is 14.6 Å². The second-order valence-corrected chi connectivity index (χ2v) is 6.73. The Morgan fingerprint density at radius 3 is 2.77 bits per heavy atom. The van der Waals surface area contributed by atoms with Crippen LogP contribution in [0.2, 0.25) is 0 Å². The van der Waals surface area contributed by atoms with Gasteiger partial charge >= 0.3 is 5.97 Å². The van der Waals surface area contributed by atoms with E-state index >= 15 is 0 Å². The predicted molar refractivity (Wildman–Crippen MR) is 102 cm³/mol. The van der Waals surface area contributed by atoms with Crippen LogP contribution < -0.4 is 4.74 Å². The second-order valence-electron chi connectivity index (χ2n) is 6.73. The minimum absolute atomic E-state index is 0.0111. The molecule has 1 heterocycles. The number of aliphatic imine (C=N–C) groups is 1. The summed E-state index contributed by atoms with van der Waals surface area (Å²) in [5.41, 5.74) is 4.66. The number of nitrogens with zero attached hydrogens (tertiary/aromatic N) is 2. The molecule has 0 radical (unpaired) electrons. The highest BCUT2D eigenvalue weighted by Crippen LogP contribution is 2.30. The molecular formula is C21H24N2O3. The molecule has 1 N–H and O–H groups in total. The summed E-state index contributed by atoms with van der Waals surface area (Å²) in [6, 6.07) is 13.7. The number of aliphatic carboxylic acids is 1. The van der Waals surface area contributed by atoms with Crippen LogP contribution in [0.25, 0.3) is 0 Å². The van der Waals surface area contributed by atoms with E-state index in [2.05, 4.69) is 31.1 Å². The first-order chi connectivity index (χ1) is 12.5. The number of rotatable bonds is 6. The van der Waals surface area contributed by atoms with Crippen LogP contribution in [0.4, 0.5) is 0 Å². The lowest BCUT2D eigenvalue weighted by molar-refractivity contribution is -0.136. The Bertz CT molecular complexity index is 828. The molecule has 0 saturated carbocycles. The average molecular weight is 352 g/mol. The van der Waals surface area contributed by atoms with Gasteiger partial charge in [-0.05, 0) is 50.3 Å². The molecule has 0 spiro atoms. The maximum Gasteiger partial charge on any atom is 0.307 e. The van der Waals surface area contributed by atoms with Crippen molar-refractivity contribution in [3.63, 3.8) is 0 Å². The molecule has 0 aliphatic carbocycles. The number of hydrogen-bond acceptors (Lipinski definition) is 4. The Kier molecular flexibility index (Phi) is 5.68. The first-order valence-electron chi connectivity index (χ1n) is 8.80. The largest absolute Gasteiger partial charge is 0.488 e. The molecule has 0 saturated heterocycles. The number of carboxylic acids is 1. The molecule has 0 unspecified atom stereocenters. The van der Waals surface area contributed by atoms with Crippen LogP contribution in [-0.2, 0) is 17.8 Å². The van der Waals surface area contributed by atoms with Crippen molar-refractivity contribution in [3.8, 4) is 5.75 Å². The van der Waals surface area contributed by atoms with E-state index < -0.39 is 5.97 Å². The standard InChI is InChI=1S/C21H24N2O3/c1-23(2)11-5-10-22-21-17-7-4-3-6-16(17)14-26-19-9-8-15(12-18(19)21)13-20(24)25/h3-4,6-9,12H,5,10-11,13-14H2,1-2H3,(H,24,25). The van der Waals surface area contributed by atoms with E-state index in [1.54, 1.807) is 0 Å². The van der Waals surface area contributed by atoms with Gasteiger partial charge in [0.25, 0.3) is 0 Å². The molecule has 1 aliphatic rings. The maximum atomic E-state index is 11.1. The molecule has 5 nitrogen and oxygen atoms in total. The molecular weight excluding hydrogens is 328 g/mol. The smallest absolute Gasteiger partial charge is 0.307 e. The third-order valence-electron chi connectivity index (χ3n) is 4.34. The number of carboxylic acid groups (broad SMARTS) is 1. The summed E-state index contributed by atoms with van der Waals surface area (Å²) in [6.45, 7) is 2.17. The van der Waals surface area contributed by atoms with E-state index in [4.69, 9.17) is 14.8 Å². The summed E-state index contributed by atoms with van der Waals surface area (Å²) >= 11 is 0. The van der Waals surface area contributed by atoms with Crippen LogP contribution in [-0.4, -0.2) is 48.9 Å². The van der Waals surface area contributed by atoms with Gasteiger partial charge in [-0.1, -0.05) is 30.3 Å². The fourth-order valence-corrected chi connectivity index (χ4v) is 3.10. The van der Waals surface area contributed by atoms with Crippen LogP contribution in [0.1, 0.15) is 28.7 Å². The van der Waals surface area contributed by atoms with Gasteiger partial charge in [-0.15, -0.1) is 0 Å². The number of benzene rings is 2. The van der Waals surface area contributed by atoms with Crippen molar-refractivity contribution in [3.05, 3.63) is 64.7 Å². The van der Waals surface area contributed by atoms with Crippen LogP contribution in [0.15, 0.2) is 47.5 Å². The van der Waals surface area contributed by atoms with Gasteiger partial charge in [0.15, 0.2) is 0 Å². The highest BCUT2D eigenvalue weighted by molar-refractivity contribution is 6.15. The van der Waals surface area contributed by atoms with Gasteiger partial charge in [-0.25, -0.2) is 0 Å². The third-order valence-corrected chi connectivity index (χ3v) is 4.34. The highest BCUT2D eigenvalue weighted by atomic mass is 16.5. The Morgan fingerprint density at radius 1 is 1.19 bits per heavy atom. The summed E-state index contributed by atoms with van der Waals surface area (Å²) in [4.78, 5) is 18.1. The molecule has 5 heteroatoms. The Balaban J connectivity index is 2.01. The zero-order valence-electron chi connectivity index (χ0n) is 15.2. The highest BCUT2D eigenvalue weighted by Gasteiger charge is 2.21. The van der Waals surface area contributed by atoms with Crippen LogP contribution in [0.3, 0.4) is 0 Å². The quantitative estimate of drug-likeness (QED) is 0.812. The Labute approximate surface area is 153 Å². The molecule has 0 aromatic heterocycles. The normalized spacial score (nSPS) is 14.5. The maximum absolute atomic E-state index is 11.1. The number of hydrogen-bond donors (Lipinski definition) is 1. The van der Waals surface area contributed by atoms with Gasteiger partial charge in [-0.3, -0.25) is 9.79 Å². The van der Waals surface area contributed by atoms with E-state index in [0.717, 1.165) is 46.7 Å². The van der Waals surface area contributed by atoms with Gasteiger partial charge < -0.3 is 14.7 Å². The molecule has 2 aromatic carbocycles. The Hall–Kier alpha value is -2.66. The lowest BCUT2D eigenvalue weighted by Crippen LogP contribution is -2.14. The van der Waals surface area contributed by atoms with E-state index in [-0.39, 0.29) is 6.42 Å². The van der Waals surface area contributed by atoms with Crippen molar-refractivity contribution in [1.82, 2.24) is 4.90 Å². The topological polar surface area (TPSA) is 62.1 Å². The first-order valence-corrected chi connectivity index (χ1v) is 8.80. The summed E-state index contributed by atoms with van der Waals surface area (Å²) in [7, 11) is 4.10. The van der Waals surface area contributed by atoms with Crippen molar-refractivity contribution in [1.29, 1.82) is 0 Å². The van der Waals surface area contributed by atoms with Crippen LogP contribution >= 0.6 is 0 Å². The van der Waals surface area contributed by atoms with Crippen molar-refractivity contribution in [2.45, 2.75) is 19.4 Å². The summed E-state index contributed by atoms with van der Waals surface area (Å²) in [5.74, 6) is -0.0916. The van der Waals surface area contributed by atoms with Crippen LogP contribution in [0, 0.1) is 0 Å². The van der Waals surface area contributed by atoms with Crippen molar-refractivity contribution >= 4 is 11.7 Å². The van der Waals surface area contributed by atoms with Gasteiger partial charge in [0, 0.05) is 17.7 Å². The van der Waals surface area contributed by atoms with E-state index in [1.165, 1.54) is 0 Å². The number of fused-ring (bicyclic) bond motifs is 2. The van der Waals surface area contributed by atoms with Crippen molar-refractivity contribution in [2.24, 2.45) is 4.99 Å². The molecule has 0 amide bonds.